The Hall–Kier alpha value is -1.75. The van der Waals surface area contributed by atoms with E-state index in [9.17, 15) is 4.79 Å². The topological polar surface area (TPSA) is 67.6 Å². The molecule has 1 aliphatic rings. The third kappa shape index (κ3) is 4.38. The highest BCUT2D eigenvalue weighted by atomic mass is 16.5. The van der Waals surface area contributed by atoms with Gasteiger partial charge in [0.15, 0.2) is 0 Å². The molecule has 0 bridgehead atoms. The van der Waals surface area contributed by atoms with Crippen LogP contribution in [0.4, 0.5) is 5.69 Å². The van der Waals surface area contributed by atoms with Crippen molar-refractivity contribution in [2.24, 2.45) is 0 Å². The summed E-state index contributed by atoms with van der Waals surface area (Å²) in [6, 6.07) is 6.08. The Morgan fingerprint density at radius 1 is 1.26 bits per heavy atom. The smallest absolute Gasteiger partial charge is 0.251 e. The van der Waals surface area contributed by atoms with Gasteiger partial charge in [-0.15, -0.1) is 0 Å². The highest BCUT2D eigenvalue weighted by Gasteiger charge is 2.25. The number of carbonyl (C=O) groups excluding carboxylic acids is 1. The number of nitrogens with one attached hydrogen (secondary N) is 1. The summed E-state index contributed by atoms with van der Waals surface area (Å²) in [5.74, 6) is 0.498. The predicted octanol–water partition coefficient (Wildman–Crippen LogP) is 2.66. The van der Waals surface area contributed by atoms with Crippen LogP contribution in [-0.4, -0.2) is 43.1 Å². The lowest BCUT2D eigenvalue weighted by Crippen LogP contribution is -2.43. The number of hydrogen-bond acceptors (Lipinski definition) is 4. The van der Waals surface area contributed by atoms with E-state index in [1.165, 1.54) is 0 Å². The molecule has 2 rings (SSSR count). The van der Waals surface area contributed by atoms with Crippen LogP contribution < -0.4 is 15.8 Å². The Morgan fingerprint density at radius 2 is 1.91 bits per heavy atom. The number of rotatable bonds is 6. The van der Waals surface area contributed by atoms with Crippen LogP contribution in [0, 0.1) is 0 Å². The maximum atomic E-state index is 12.4. The number of nitrogens with zero attached hydrogens (tertiary/aromatic N) is 1. The minimum atomic E-state index is -0.0467. The van der Waals surface area contributed by atoms with E-state index in [4.69, 9.17) is 10.5 Å². The molecule has 0 atom stereocenters. The first-order valence-electron chi connectivity index (χ1n) is 8.57. The number of benzene rings is 1. The van der Waals surface area contributed by atoms with Crippen molar-refractivity contribution in [2.45, 2.75) is 51.6 Å². The Morgan fingerprint density at radius 3 is 2.48 bits per heavy atom. The minimum Gasteiger partial charge on any atom is -0.495 e. The molecule has 1 aromatic carbocycles. The molecule has 1 amide bonds. The van der Waals surface area contributed by atoms with Crippen molar-refractivity contribution >= 4 is 11.6 Å². The van der Waals surface area contributed by atoms with Crippen LogP contribution in [0.1, 0.15) is 49.9 Å². The van der Waals surface area contributed by atoms with Gasteiger partial charge in [0.2, 0.25) is 0 Å². The van der Waals surface area contributed by atoms with E-state index in [0.29, 0.717) is 23.0 Å². The quantitative estimate of drug-likeness (QED) is 0.791. The first-order valence-corrected chi connectivity index (χ1v) is 8.57. The van der Waals surface area contributed by atoms with E-state index in [2.05, 4.69) is 24.1 Å². The Labute approximate surface area is 139 Å². The molecule has 1 aromatic rings. The van der Waals surface area contributed by atoms with Crippen molar-refractivity contribution in [2.75, 3.05) is 25.9 Å². The molecule has 0 aromatic heterocycles. The molecule has 0 aliphatic heterocycles. The van der Waals surface area contributed by atoms with Crippen molar-refractivity contribution in [1.29, 1.82) is 0 Å². The maximum Gasteiger partial charge on any atom is 0.251 e. The molecule has 1 fully saturated rings. The van der Waals surface area contributed by atoms with Crippen LogP contribution in [0.2, 0.25) is 0 Å². The molecule has 1 aliphatic carbocycles. The van der Waals surface area contributed by atoms with Crippen LogP contribution in [0.3, 0.4) is 0 Å². The fourth-order valence-corrected chi connectivity index (χ4v) is 3.45. The molecule has 5 heteroatoms. The number of amides is 1. The van der Waals surface area contributed by atoms with E-state index in [1.807, 2.05) is 0 Å². The number of ether oxygens (including phenoxy) is 1. The molecule has 1 saturated carbocycles. The van der Waals surface area contributed by atoms with Gasteiger partial charge in [0.05, 0.1) is 12.8 Å². The van der Waals surface area contributed by atoms with E-state index in [-0.39, 0.29) is 11.9 Å². The molecular weight excluding hydrogens is 290 g/mol. The molecule has 0 saturated heterocycles. The van der Waals surface area contributed by atoms with Crippen molar-refractivity contribution < 1.29 is 9.53 Å². The third-order valence-electron chi connectivity index (χ3n) is 4.86. The summed E-state index contributed by atoms with van der Waals surface area (Å²) in [4.78, 5) is 14.9. The van der Waals surface area contributed by atoms with E-state index in [0.717, 1.165) is 38.8 Å². The van der Waals surface area contributed by atoms with Gasteiger partial charge in [-0.2, -0.15) is 0 Å². The summed E-state index contributed by atoms with van der Waals surface area (Å²) in [6.07, 6.45) is 4.38. The van der Waals surface area contributed by atoms with Crippen LogP contribution >= 0.6 is 0 Å². The lowest BCUT2D eigenvalue weighted by Gasteiger charge is -2.36. The summed E-state index contributed by atoms with van der Waals surface area (Å²) >= 11 is 0. The van der Waals surface area contributed by atoms with Gasteiger partial charge in [-0.1, -0.05) is 13.8 Å². The van der Waals surface area contributed by atoms with E-state index in [1.54, 1.807) is 25.3 Å². The molecule has 5 nitrogen and oxygen atoms in total. The average molecular weight is 319 g/mol. The van der Waals surface area contributed by atoms with E-state index < -0.39 is 0 Å². The molecule has 128 valence electrons. The molecule has 0 spiro atoms. The lowest BCUT2D eigenvalue weighted by atomic mass is 9.90. The second-order valence-electron chi connectivity index (χ2n) is 6.16. The minimum absolute atomic E-state index is 0.0467. The number of methoxy groups -OCH3 is 1. The normalized spacial score (nSPS) is 21.2. The standard InChI is InChI=1S/C18H29N3O2/c1-4-21(5-2)15-9-7-14(8-10-15)20-18(22)13-6-11-16(19)17(12-13)23-3/h6,11-12,14-15H,4-5,7-10,19H2,1-3H3,(H,20,22). The molecule has 0 heterocycles. The van der Waals surface area contributed by atoms with Crippen molar-refractivity contribution in [3.05, 3.63) is 23.8 Å². The van der Waals surface area contributed by atoms with Gasteiger partial charge in [0.25, 0.3) is 5.91 Å². The molecule has 0 unspecified atom stereocenters. The zero-order valence-corrected chi connectivity index (χ0v) is 14.5. The predicted molar refractivity (Wildman–Crippen MR) is 93.8 cm³/mol. The Bertz CT molecular complexity index is 521. The van der Waals surface area contributed by atoms with E-state index >= 15 is 0 Å². The molecule has 0 radical (unpaired) electrons. The number of carbonyl (C=O) groups is 1. The number of nitrogens with two attached hydrogens (primary N) is 1. The molecule has 3 N–H and O–H groups in total. The van der Waals surface area contributed by atoms with Crippen LogP contribution in [0.25, 0.3) is 0 Å². The van der Waals surface area contributed by atoms with Gasteiger partial charge in [-0.05, 0) is 57.0 Å². The van der Waals surface area contributed by atoms with Crippen molar-refractivity contribution in [1.82, 2.24) is 10.2 Å². The van der Waals surface area contributed by atoms with Crippen LogP contribution in [0.5, 0.6) is 5.75 Å². The first-order chi connectivity index (χ1) is 11.1. The largest absolute Gasteiger partial charge is 0.495 e. The summed E-state index contributed by atoms with van der Waals surface area (Å²) in [5, 5.41) is 3.15. The SMILES string of the molecule is CCN(CC)C1CCC(NC(=O)c2ccc(N)c(OC)c2)CC1. The number of hydrogen-bond donors (Lipinski definition) is 2. The van der Waals surface area contributed by atoms with Gasteiger partial charge in [-0.3, -0.25) is 4.79 Å². The summed E-state index contributed by atoms with van der Waals surface area (Å²) < 4.78 is 5.18. The highest BCUT2D eigenvalue weighted by Crippen LogP contribution is 2.25. The van der Waals surface area contributed by atoms with Gasteiger partial charge in [-0.25, -0.2) is 0 Å². The molecular formula is C18H29N3O2. The Kier molecular flexibility index (Phi) is 6.28. The summed E-state index contributed by atoms with van der Waals surface area (Å²) in [6.45, 7) is 6.63. The third-order valence-corrected chi connectivity index (χ3v) is 4.86. The highest BCUT2D eigenvalue weighted by molar-refractivity contribution is 5.95. The zero-order chi connectivity index (χ0) is 16.8. The van der Waals surface area contributed by atoms with Crippen LogP contribution in [-0.2, 0) is 0 Å². The lowest BCUT2D eigenvalue weighted by molar-refractivity contribution is 0.0906. The maximum absolute atomic E-state index is 12.4. The number of nitrogen functional groups attached to an aromatic ring is 1. The zero-order valence-electron chi connectivity index (χ0n) is 14.5. The number of anilines is 1. The van der Waals surface area contributed by atoms with Gasteiger partial charge in [0.1, 0.15) is 5.75 Å². The summed E-state index contributed by atoms with van der Waals surface area (Å²) in [5.41, 5.74) is 6.94. The molecule has 23 heavy (non-hydrogen) atoms. The monoisotopic (exact) mass is 319 g/mol. The van der Waals surface area contributed by atoms with Crippen LogP contribution in [0.15, 0.2) is 18.2 Å². The van der Waals surface area contributed by atoms with Crippen molar-refractivity contribution in [3.8, 4) is 5.75 Å². The van der Waals surface area contributed by atoms with Gasteiger partial charge in [0, 0.05) is 17.6 Å². The second kappa shape index (κ2) is 8.20. The second-order valence-corrected chi connectivity index (χ2v) is 6.16. The van der Waals surface area contributed by atoms with Gasteiger partial charge < -0.3 is 20.7 Å². The van der Waals surface area contributed by atoms with Crippen molar-refractivity contribution in [3.63, 3.8) is 0 Å². The fraction of sp³-hybridized carbons (Fsp3) is 0.611. The first kappa shape index (κ1) is 17.6. The average Bonchev–Trinajstić information content (AvgIpc) is 2.57. The Balaban J connectivity index is 1.90. The van der Waals surface area contributed by atoms with Gasteiger partial charge >= 0.3 is 0 Å². The fourth-order valence-electron chi connectivity index (χ4n) is 3.45. The summed E-state index contributed by atoms with van der Waals surface area (Å²) in [7, 11) is 1.56.